The van der Waals surface area contributed by atoms with Crippen molar-refractivity contribution in [1.29, 1.82) is 0 Å². The Balaban J connectivity index is 0.00000324. The Morgan fingerprint density at radius 1 is 1.21 bits per heavy atom. The third-order valence-corrected chi connectivity index (χ3v) is 7.92. The number of halogens is 3. The fourth-order valence-electron chi connectivity index (χ4n) is 5.76. The van der Waals surface area contributed by atoms with Gasteiger partial charge < -0.3 is 25.6 Å². The van der Waals surface area contributed by atoms with E-state index < -0.39 is 24.3 Å². The van der Waals surface area contributed by atoms with E-state index in [9.17, 15) is 18.4 Å². The van der Waals surface area contributed by atoms with Gasteiger partial charge in [-0.3, -0.25) is 9.59 Å². The van der Waals surface area contributed by atoms with Gasteiger partial charge in [0.25, 0.3) is 17.7 Å². The highest BCUT2D eigenvalue weighted by Crippen LogP contribution is 2.53. The second kappa shape index (κ2) is 11.0. The highest BCUT2D eigenvalue weighted by atomic mass is 35.5. The van der Waals surface area contributed by atoms with Crippen LogP contribution >= 0.6 is 24.2 Å². The van der Waals surface area contributed by atoms with E-state index in [2.05, 4.69) is 10.5 Å². The van der Waals surface area contributed by atoms with Crippen LogP contribution in [-0.2, 0) is 4.79 Å². The maximum atomic E-state index is 14.1. The molecule has 0 atom stereocenters. The molecular formula is C22H33ClF2N4O4S. The first-order valence-electron chi connectivity index (χ1n) is 11.6. The molecule has 0 unspecified atom stereocenters. The lowest BCUT2D eigenvalue weighted by Crippen LogP contribution is -2.55. The Morgan fingerprint density at radius 3 is 2.38 bits per heavy atom. The zero-order chi connectivity index (χ0) is 23.8. The monoisotopic (exact) mass is 522 g/mol. The van der Waals surface area contributed by atoms with Crippen molar-refractivity contribution in [1.82, 2.24) is 15.8 Å². The van der Waals surface area contributed by atoms with Crippen LogP contribution < -0.4 is 21.1 Å². The van der Waals surface area contributed by atoms with Crippen LogP contribution in [0.2, 0.25) is 0 Å². The Kier molecular flexibility index (Phi) is 8.73. The molecule has 4 saturated carbocycles. The molecule has 4 N–H and O–H groups in total. The minimum atomic E-state index is -3.78. The smallest absolute Gasteiger partial charge is 0.357 e. The van der Waals surface area contributed by atoms with Crippen LogP contribution in [0, 0.1) is 23.7 Å². The van der Waals surface area contributed by atoms with Crippen LogP contribution in [0.5, 0.6) is 5.88 Å². The van der Waals surface area contributed by atoms with Crippen LogP contribution in [0.25, 0.3) is 0 Å². The fourth-order valence-corrected chi connectivity index (χ4v) is 6.67. The van der Waals surface area contributed by atoms with Crippen LogP contribution in [0.3, 0.4) is 0 Å². The molecule has 0 aliphatic heterocycles. The summed E-state index contributed by atoms with van der Waals surface area (Å²) in [7, 11) is 0. The van der Waals surface area contributed by atoms with E-state index in [0.717, 1.165) is 37.5 Å². The molecule has 8 nitrogen and oxygen atoms in total. The Morgan fingerprint density at radius 2 is 1.82 bits per heavy atom. The molecule has 4 aliphatic rings. The van der Waals surface area contributed by atoms with Crippen molar-refractivity contribution in [2.75, 3.05) is 19.7 Å². The van der Waals surface area contributed by atoms with Crippen LogP contribution in [0.1, 0.15) is 56.5 Å². The van der Waals surface area contributed by atoms with Crippen molar-refractivity contribution in [2.45, 2.75) is 68.1 Å². The van der Waals surface area contributed by atoms with Crippen molar-refractivity contribution in [3.8, 4) is 5.88 Å². The first-order chi connectivity index (χ1) is 15.7. The predicted molar refractivity (Wildman–Crippen MR) is 126 cm³/mol. The van der Waals surface area contributed by atoms with Gasteiger partial charge in [-0.2, -0.15) is 8.78 Å². The number of nitrogens with zero attached hydrogens (tertiary/aromatic N) is 1. The minimum Gasteiger partial charge on any atom is -0.468 e. The zero-order valence-corrected chi connectivity index (χ0v) is 21.0. The molecule has 2 amide bonds. The fraction of sp³-hybridized carbons (Fsp3) is 0.773. The summed E-state index contributed by atoms with van der Waals surface area (Å²) in [5, 5.41) is 8.95. The Hall–Kier alpha value is -1.59. The average Bonchev–Trinajstić information content (AvgIpc) is 3.14. The number of hydrogen-bond acceptors (Lipinski definition) is 7. The summed E-state index contributed by atoms with van der Waals surface area (Å²) in [6.07, 6.45) is 5.92. The minimum absolute atomic E-state index is 0. The van der Waals surface area contributed by atoms with Crippen molar-refractivity contribution in [3.05, 3.63) is 5.76 Å². The molecule has 4 bridgehead atoms. The number of nitrogens with two attached hydrogens (primary N) is 1. The summed E-state index contributed by atoms with van der Waals surface area (Å²) in [5.74, 6) is -3.38. The summed E-state index contributed by atoms with van der Waals surface area (Å²) in [4.78, 5) is 25.1. The highest BCUT2D eigenvalue weighted by molar-refractivity contribution is 8.00. The molecule has 0 spiro atoms. The molecule has 0 aromatic carbocycles. The normalized spacial score (nSPS) is 27.4. The van der Waals surface area contributed by atoms with E-state index in [1.807, 2.05) is 19.2 Å². The number of amides is 2. The number of aromatic nitrogens is 1. The standard InChI is InChI=1S/C22H32F2N4O4S.ClH/c1-11(2)33-18-17(32-28-20(18)31-10-22(23,24)21(30)26-4-3-25)19(29)27-16-14-6-12-5-13(8-14)9-15(16)7-12;/h11-16H,3-10,25H2,1-2H3,(H,26,30)(H,27,29);1H. The molecule has 1 aromatic rings. The number of thioether (sulfide) groups is 1. The van der Waals surface area contributed by atoms with Crippen molar-refractivity contribution >= 4 is 36.0 Å². The summed E-state index contributed by atoms with van der Waals surface area (Å²) in [5.41, 5.74) is 5.23. The third-order valence-electron chi connectivity index (χ3n) is 6.86. The maximum absolute atomic E-state index is 14.1. The number of rotatable bonds is 10. The van der Waals surface area contributed by atoms with Gasteiger partial charge in [-0.25, -0.2) is 0 Å². The van der Waals surface area contributed by atoms with E-state index in [1.165, 1.54) is 18.2 Å². The van der Waals surface area contributed by atoms with Gasteiger partial charge in [0.2, 0.25) is 5.76 Å². The Labute approximate surface area is 208 Å². The number of carbonyl (C=O) groups excluding carboxylic acids is 2. The molecular weight excluding hydrogens is 490 g/mol. The van der Waals surface area contributed by atoms with Crippen LogP contribution in [-0.4, -0.2) is 53.9 Å². The molecule has 4 fully saturated rings. The van der Waals surface area contributed by atoms with E-state index in [4.69, 9.17) is 15.0 Å². The molecule has 1 heterocycles. The first-order valence-corrected chi connectivity index (χ1v) is 12.5. The molecule has 1 aromatic heterocycles. The highest BCUT2D eigenvalue weighted by Gasteiger charge is 2.49. The van der Waals surface area contributed by atoms with Crippen molar-refractivity contribution < 1.29 is 27.6 Å². The van der Waals surface area contributed by atoms with Gasteiger partial charge in [-0.05, 0) is 60.9 Å². The quantitative estimate of drug-likeness (QED) is 0.403. The number of carbonyl (C=O) groups is 2. The lowest BCUT2D eigenvalue weighted by atomic mass is 9.54. The van der Waals surface area contributed by atoms with E-state index >= 15 is 0 Å². The van der Waals surface area contributed by atoms with Crippen molar-refractivity contribution in [3.63, 3.8) is 0 Å². The molecule has 5 rings (SSSR count). The average molecular weight is 523 g/mol. The van der Waals surface area contributed by atoms with Gasteiger partial charge in [0, 0.05) is 24.4 Å². The van der Waals surface area contributed by atoms with Gasteiger partial charge in [0.05, 0.1) is 0 Å². The van der Waals surface area contributed by atoms with Gasteiger partial charge in [0.1, 0.15) is 4.90 Å². The SMILES string of the molecule is CC(C)Sc1c(OCC(F)(F)C(=O)NCCN)noc1C(=O)NC1C2CC3CC(C2)CC1C3.Cl. The second-order valence-corrected chi connectivity index (χ2v) is 11.4. The van der Waals surface area contributed by atoms with E-state index in [0.29, 0.717) is 11.8 Å². The number of alkyl halides is 2. The lowest BCUT2D eigenvalue weighted by Gasteiger charge is -2.54. The van der Waals surface area contributed by atoms with Gasteiger partial charge in [0.15, 0.2) is 6.61 Å². The molecule has 4 aliphatic carbocycles. The summed E-state index contributed by atoms with van der Waals surface area (Å²) in [6, 6.07) is 0.104. The zero-order valence-electron chi connectivity index (χ0n) is 19.4. The lowest BCUT2D eigenvalue weighted by molar-refractivity contribution is -0.149. The topological polar surface area (TPSA) is 119 Å². The number of nitrogens with one attached hydrogen (secondary N) is 2. The number of ether oxygens (including phenoxy) is 1. The van der Waals surface area contributed by atoms with Crippen LogP contribution in [0.4, 0.5) is 8.78 Å². The molecule has 12 heteroatoms. The summed E-state index contributed by atoms with van der Waals surface area (Å²) >= 11 is 1.25. The third kappa shape index (κ3) is 5.79. The Bertz CT molecular complexity index is 857. The molecule has 0 saturated heterocycles. The number of hydrogen-bond donors (Lipinski definition) is 3. The van der Waals surface area contributed by atoms with Gasteiger partial charge in [-0.15, -0.1) is 24.2 Å². The van der Waals surface area contributed by atoms with Gasteiger partial charge in [-0.1, -0.05) is 13.8 Å². The largest absolute Gasteiger partial charge is 0.468 e. The van der Waals surface area contributed by atoms with Crippen molar-refractivity contribution in [2.24, 2.45) is 29.4 Å². The molecule has 34 heavy (non-hydrogen) atoms. The predicted octanol–water partition coefficient (Wildman–Crippen LogP) is 3.24. The van der Waals surface area contributed by atoms with Crippen LogP contribution in [0.15, 0.2) is 9.42 Å². The maximum Gasteiger partial charge on any atom is 0.357 e. The van der Waals surface area contributed by atoms with E-state index in [1.54, 1.807) is 0 Å². The van der Waals surface area contributed by atoms with E-state index in [-0.39, 0.29) is 53.3 Å². The first kappa shape index (κ1) is 27.0. The summed E-state index contributed by atoms with van der Waals surface area (Å²) < 4.78 is 38.7. The van der Waals surface area contributed by atoms with Gasteiger partial charge >= 0.3 is 5.92 Å². The summed E-state index contributed by atoms with van der Waals surface area (Å²) in [6.45, 7) is 2.55. The molecule has 0 radical (unpaired) electrons. The molecule has 192 valence electrons. The second-order valence-electron chi connectivity index (χ2n) is 9.78.